The molecule has 0 radical (unpaired) electrons. The van der Waals surface area contributed by atoms with Gasteiger partial charge in [0, 0.05) is 6.54 Å². The highest BCUT2D eigenvalue weighted by Crippen LogP contribution is 2.30. The third kappa shape index (κ3) is 6.39. The summed E-state index contributed by atoms with van der Waals surface area (Å²) in [6.45, 7) is 6.34. The molecule has 0 heterocycles. The van der Waals surface area contributed by atoms with E-state index in [1.807, 2.05) is 13.8 Å². The van der Waals surface area contributed by atoms with E-state index >= 15 is 0 Å². The zero-order valence-electron chi connectivity index (χ0n) is 12.5. The van der Waals surface area contributed by atoms with Crippen LogP contribution in [0.1, 0.15) is 65.7 Å². The van der Waals surface area contributed by atoms with Crippen molar-refractivity contribution in [3.63, 3.8) is 0 Å². The quantitative estimate of drug-likeness (QED) is 0.692. The van der Waals surface area contributed by atoms with E-state index < -0.39 is 5.60 Å². The van der Waals surface area contributed by atoms with E-state index in [1.165, 1.54) is 0 Å². The number of amides is 1. The second-order valence-electron chi connectivity index (χ2n) is 6.96. The van der Waals surface area contributed by atoms with Gasteiger partial charge in [-0.3, -0.25) is 4.79 Å². The zero-order valence-corrected chi connectivity index (χ0v) is 12.5. The molecule has 0 aliphatic heterocycles. The molecule has 4 nitrogen and oxygen atoms in total. The normalized spacial score (nSPS) is 20.9. The van der Waals surface area contributed by atoms with Crippen LogP contribution in [0.25, 0.3) is 0 Å². The maximum absolute atomic E-state index is 11.9. The van der Waals surface area contributed by atoms with Crippen LogP contribution < -0.4 is 5.32 Å². The molecular weight excluding hydrogens is 242 g/mol. The Balaban J connectivity index is 2.34. The van der Waals surface area contributed by atoms with Crippen molar-refractivity contribution in [3.8, 4) is 0 Å². The molecule has 1 amide bonds. The molecule has 1 aliphatic carbocycles. The third-order valence-corrected chi connectivity index (χ3v) is 3.89. The molecule has 112 valence electrons. The second kappa shape index (κ2) is 6.71. The average Bonchev–Trinajstić information content (AvgIpc) is 2.25. The minimum absolute atomic E-state index is 0.0805. The fraction of sp³-hybridized carbons (Fsp3) is 0.933. The number of carbonyl (C=O) groups is 1. The first-order valence-corrected chi connectivity index (χ1v) is 7.40. The summed E-state index contributed by atoms with van der Waals surface area (Å²) in [4.78, 5) is 11.9. The van der Waals surface area contributed by atoms with E-state index in [9.17, 15) is 15.0 Å². The first kappa shape index (κ1) is 16.4. The van der Waals surface area contributed by atoms with Crippen molar-refractivity contribution < 1.29 is 15.0 Å². The smallest absolute Gasteiger partial charge is 0.222 e. The summed E-state index contributed by atoms with van der Waals surface area (Å²) in [7, 11) is 0. The summed E-state index contributed by atoms with van der Waals surface area (Å²) in [6, 6.07) is 0. The van der Waals surface area contributed by atoms with Gasteiger partial charge in [-0.05, 0) is 31.6 Å². The summed E-state index contributed by atoms with van der Waals surface area (Å²) in [5, 5.41) is 22.6. The van der Waals surface area contributed by atoms with Crippen molar-refractivity contribution in [1.29, 1.82) is 0 Å². The molecule has 0 aromatic carbocycles. The predicted molar refractivity (Wildman–Crippen MR) is 75.7 cm³/mol. The van der Waals surface area contributed by atoms with Gasteiger partial charge in [0.2, 0.25) is 5.91 Å². The molecule has 1 rings (SSSR count). The maximum atomic E-state index is 11.9. The first-order chi connectivity index (χ1) is 8.72. The van der Waals surface area contributed by atoms with Gasteiger partial charge in [0.25, 0.3) is 0 Å². The molecule has 0 aromatic rings. The topological polar surface area (TPSA) is 69.6 Å². The van der Waals surface area contributed by atoms with Crippen LogP contribution in [-0.4, -0.2) is 34.4 Å². The largest absolute Gasteiger partial charge is 0.393 e. The summed E-state index contributed by atoms with van der Waals surface area (Å²) < 4.78 is 0. The Bertz CT molecular complexity index is 294. The number of carbonyl (C=O) groups excluding carboxylic acids is 1. The Hall–Kier alpha value is -0.610. The van der Waals surface area contributed by atoms with Gasteiger partial charge >= 0.3 is 0 Å². The number of rotatable bonds is 6. The van der Waals surface area contributed by atoms with Gasteiger partial charge in [0.05, 0.1) is 18.1 Å². The molecule has 1 saturated carbocycles. The highest BCUT2D eigenvalue weighted by atomic mass is 16.3. The zero-order chi connectivity index (χ0) is 14.5. The molecule has 1 unspecified atom stereocenters. The molecule has 0 aromatic heterocycles. The Morgan fingerprint density at radius 1 is 1.32 bits per heavy atom. The van der Waals surface area contributed by atoms with E-state index in [-0.39, 0.29) is 23.8 Å². The minimum Gasteiger partial charge on any atom is -0.393 e. The summed E-state index contributed by atoms with van der Waals surface area (Å²) >= 11 is 0. The molecule has 1 fully saturated rings. The molecule has 1 aliphatic rings. The number of hydrogen-bond acceptors (Lipinski definition) is 3. The second-order valence-corrected chi connectivity index (χ2v) is 6.96. The Kier molecular flexibility index (Phi) is 5.81. The molecule has 19 heavy (non-hydrogen) atoms. The fourth-order valence-electron chi connectivity index (χ4n) is 2.96. The maximum Gasteiger partial charge on any atom is 0.222 e. The van der Waals surface area contributed by atoms with Crippen molar-refractivity contribution in [2.24, 2.45) is 5.41 Å². The minimum atomic E-state index is -0.795. The number of aliphatic hydroxyl groups excluding tert-OH is 1. The SMILES string of the molecule is CC(O)CC(C)(C)CNC(=O)CC1(O)CCCCC1. The van der Waals surface area contributed by atoms with Gasteiger partial charge < -0.3 is 15.5 Å². The number of aliphatic hydroxyl groups is 2. The molecule has 0 bridgehead atoms. The van der Waals surface area contributed by atoms with Gasteiger partial charge in [-0.2, -0.15) is 0 Å². The summed E-state index contributed by atoms with van der Waals surface area (Å²) in [6.07, 6.45) is 5.14. The molecule has 4 heteroatoms. The molecule has 1 atom stereocenters. The van der Waals surface area contributed by atoms with Gasteiger partial charge in [-0.15, -0.1) is 0 Å². The van der Waals surface area contributed by atoms with Crippen LogP contribution >= 0.6 is 0 Å². The number of hydrogen-bond donors (Lipinski definition) is 3. The molecule has 3 N–H and O–H groups in total. The lowest BCUT2D eigenvalue weighted by atomic mass is 9.82. The van der Waals surface area contributed by atoms with E-state index in [4.69, 9.17) is 0 Å². The van der Waals surface area contributed by atoms with E-state index in [2.05, 4.69) is 5.32 Å². The lowest BCUT2D eigenvalue weighted by molar-refractivity contribution is -0.128. The lowest BCUT2D eigenvalue weighted by Gasteiger charge is -2.32. The molecular formula is C15H29NO3. The number of nitrogens with one attached hydrogen (secondary N) is 1. The van der Waals surface area contributed by atoms with Gasteiger partial charge in [-0.25, -0.2) is 0 Å². The van der Waals surface area contributed by atoms with Crippen molar-refractivity contribution in [1.82, 2.24) is 5.32 Å². The van der Waals surface area contributed by atoms with Crippen molar-refractivity contribution >= 4 is 5.91 Å². The Morgan fingerprint density at radius 3 is 2.42 bits per heavy atom. The van der Waals surface area contributed by atoms with Crippen LogP contribution in [0.15, 0.2) is 0 Å². The van der Waals surface area contributed by atoms with Crippen molar-refractivity contribution in [2.75, 3.05) is 6.54 Å². The Labute approximate surface area is 116 Å². The third-order valence-electron chi connectivity index (χ3n) is 3.89. The highest BCUT2D eigenvalue weighted by molar-refractivity contribution is 5.77. The van der Waals surface area contributed by atoms with Gasteiger partial charge in [0.1, 0.15) is 0 Å². The monoisotopic (exact) mass is 271 g/mol. The van der Waals surface area contributed by atoms with Crippen LogP contribution in [0.3, 0.4) is 0 Å². The predicted octanol–water partition coefficient (Wildman–Crippen LogP) is 1.98. The van der Waals surface area contributed by atoms with Crippen LogP contribution in [0, 0.1) is 5.41 Å². The van der Waals surface area contributed by atoms with Gasteiger partial charge in [-0.1, -0.05) is 33.1 Å². The van der Waals surface area contributed by atoms with E-state index in [0.717, 1.165) is 32.1 Å². The molecule has 0 saturated heterocycles. The van der Waals surface area contributed by atoms with Crippen LogP contribution in [0.4, 0.5) is 0 Å². The van der Waals surface area contributed by atoms with Crippen molar-refractivity contribution in [2.45, 2.75) is 77.4 Å². The van der Waals surface area contributed by atoms with E-state index in [1.54, 1.807) is 6.92 Å². The molecule has 0 spiro atoms. The lowest BCUT2D eigenvalue weighted by Crippen LogP contribution is -2.41. The first-order valence-electron chi connectivity index (χ1n) is 7.40. The van der Waals surface area contributed by atoms with Crippen LogP contribution in [0.5, 0.6) is 0 Å². The van der Waals surface area contributed by atoms with Crippen LogP contribution in [-0.2, 0) is 4.79 Å². The Morgan fingerprint density at radius 2 is 1.89 bits per heavy atom. The summed E-state index contributed by atoms with van der Waals surface area (Å²) in [5.74, 6) is -0.0805. The van der Waals surface area contributed by atoms with Crippen LogP contribution in [0.2, 0.25) is 0 Å². The highest BCUT2D eigenvalue weighted by Gasteiger charge is 2.32. The van der Waals surface area contributed by atoms with Gasteiger partial charge in [0.15, 0.2) is 0 Å². The van der Waals surface area contributed by atoms with Crippen molar-refractivity contribution in [3.05, 3.63) is 0 Å². The average molecular weight is 271 g/mol. The summed E-state index contributed by atoms with van der Waals surface area (Å²) in [5.41, 5.74) is -0.921. The van der Waals surface area contributed by atoms with E-state index in [0.29, 0.717) is 13.0 Å². The fourth-order valence-corrected chi connectivity index (χ4v) is 2.96. The standard InChI is InChI=1S/C15H29NO3/c1-12(17)9-14(2,3)11-16-13(18)10-15(19)7-5-4-6-8-15/h12,17,19H,4-11H2,1-3H3,(H,16,18).